The molecule has 87 valence electrons. The van der Waals surface area contributed by atoms with Crippen molar-refractivity contribution >= 4 is 0 Å². The molecular weight excluding hydrogens is 194 g/mol. The molecular formula is C15H22N. The number of nitrogens with zero attached hydrogens (tertiary/aromatic N) is 1. The predicted octanol–water partition coefficient (Wildman–Crippen LogP) is 3.61. The van der Waals surface area contributed by atoms with Gasteiger partial charge in [0.05, 0.1) is 0 Å². The van der Waals surface area contributed by atoms with Crippen molar-refractivity contribution in [1.29, 1.82) is 0 Å². The van der Waals surface area contributed by atoms with Crippen molar-refractivity contribution in [3.05, 3.63) is 42.3 Å². The van der Waals surface area contributed by atoms with Crippen LogP contribution in [0.2, 0.25) is 0 Å². The maximum absolute atomic E-state index is 3.90. The molecule has 0 N–H and O–H groups in total. The fourth-order valence-corrected chi connectivity index (χ4v) is 2.61. The Balaban J connectivity index is 2.08. The third-order valence-corrected chi connectivity index (χ3v) is 3.60. The third-order valence-electron chi connectivity index (χ3n) is 3.60. The van der Waals surface area contributed by atoms with Crippen LogP contribution in [0.1, 0.15) is 42.9 Å². The first-order valence-corrected chi connectivity index (χ1v) is 6.39. The molecule has 1 unspecified atom stereocenters. The van der Waals surface area contributed by atoms with Crippen LogP contribution >= 0.6 is 0 Å². The number of aryl methyl sites for hydroxylation is 1. The van der Waals surface area contributed by atoms with Crippen LogP contribution in [0.3, 0.4) is 0 Å². The first-order valence-electron chi connectivity index (χ1n) is 6.39. The van der Waals surface area contributed by atoms with E-state index in [1.54, 1.807) is 0 Å². The summed E-state index contributed by atoms with van der Waals surface area (Å²) in [6.07, 6.45) is 6.12. The molecule has 0 aliphatic carbocycles. The summed E-state index contributed by atoms with van der Waals surface area (Å²) in [7, 11) is 2.24. The Morgan fingerprint density at radius 1 is 1.25 bits per heavy atom. The van der Waals surface area contributed by atoms with Gasteiger partial charge in [0.25, 0.3) is 0 Å². The minimum absolute atomic E-state index is 0.641. The Morgan fingerprint density at radius 2 is 2.00 bits per heavy atom. The van der Waals surface area contributed by atoms with E-state index in [1.165, 1.54) is 36.9 Å². The van der Waals surface area contributed by atoms with Crippen LogP contribution in [0.4, 0.5) is 0 Å². The highest BCUT2D eigenvalue weighted by Crippen LogP contribution is 2.29. The molecule has 1 heterocycles. The second-order valence-corrected chi connectivity index (χ2v) is 4.84. The third kappa shape index (κ3) is 2.65. The Kier molecular flexibility index (Phi) is 4.00. The van der Waals surface area contributed by atoms with Crippen molar-refractivity contribution in [1.82, 2.24) is 4.90 Å². The second kappa shape index (κ2) is 5.49. The number of likely N-dealkylation sites (tertiary alicyclic amines) is 1. The quantitative estimate of drug-likeness (QED) is 0.746. The molecule has 0 bridgehead atoms. The van der Waals surface area contributed by atoms with Gasteiger partial charge in [-0.05, 0) is 50.4 Å². The summed E-state index contributed by atoms with van der Waals surface area (Å²) >= 11 is 0. The number of hydrogen-bond donors (Lipinski definition) is 0. The van der Waals surface area contributed by atoms with Crippen molar-refractivity contribution < 1.29 is 0 Å². The number of rotatable bonds is 3. The minimum atomic E-state index is 0.641. The van der Waals surface area contributed by atoms with E-state index in [1.807, 2.05) is 0 Å². The average Bonchev–Trinajstić information content (AvgIpc) is 2.31. The molecule has 1 heteroatoms. The molecule has 0 saturated carbocycles. The second-order valence-electron chi connectivity index (χ2n) is 4.84. The summed E-state index contributed by atoms with van der Waals surface area (Å²) in [5, 5.41) is 0. The zero-order chi connectivity index (χ0) is 11.4. The van der Waals surface area contributed by atoms with Gasteiger partial charge in [-0.15, -0.1) is 0 Å². The van der Waals surface area contributed by atoms with Gasteiger partial charge in [-0.2, -0.15) is 0 Å². The fraction of sp³-hybridized carbons (Fsp3) is 0.533. The predicted molar refractivity (Wildman–Crippen MR) is 69.3 cm³/mol. The van der Waals surface area contributed by atoms with Gasteiger partial charge in [0.1, 0.15) is 0 Å². The van der Waals surface area contributed by atoms with Gasteiger partial charge in [0.2, 0.25) is 0 Å². The molecule has 1 fully saturated rings. The lowest BCUT2D eigenvalue weighted by molar-refractivity contribution is 0.187. The van der Waals surface area contributed by atoms with Gasteiger partial charge in [-0.3, -0.25) is 4.90 Å². The van der Waals surface area contributed by atoms with Crippen molar-refractivity contribution in [2.24, 2.45) is 0 Å². The topological polar surface area (TPSA) is 3.24 Å². The highest BCUT2D eigenvalue weighted by Gasteiger charge is 2.19. The highest BCUT2D eigenvalue weighted by atomic mass is 15.1. The summed E-state index contributed by atoms with van der Waals surface area (Å²) in [5.41, 5.74) is 2.90. The van der Waals surface area contributed by atoms with Gasteiger partial charge in [-0.25, -0.2) is 0 Å². The van der Waals surface area contributed by atoms with Gasteiger partial charge in [-0.1, -0.05) is 37.6 Å². The van der Waals surface area contributed by atoms with Crippen LogP contribution in [-0.4, -0.2) is 18.5 Å². The van der Waals surface area contributed by atoms with E-state index >= 15 is 0 Å². The Labute approximate surface area is 99.5 Å². The van der Waals surface area contributed by atoms with Crippen LogP contribution in [0.15, 0.2) is 24.3 Å². The zero-order valence-corrected chi connectivity index (χ0v) is 10.3. The fourth-order valence-electron chi connectivity index (χ4n) is 2.61. The molecule has 1 radical (unpaired) electrons. The van der Waals surface area contributed by atoms with Crippen LogP contribution in [0.25, 0.3) is 0 Å². The van der Waals surface area contributed by atoms with Crippen LogP contribution in [0, 0.1) is 6.92 Å². The van der Waals surface area contributed by atoms with E-state index in [-0.39, 0.29) is 0 Å². The molecule has 0 spiro atoms. The largest absolute Gasteiger partial charge is 0.299 e. The SMILES string of the molecule is [CH2]CCc1ccc(C2CCCCN2C)cc1. The molecule has 16 heavy (non-hydrogen) atoms. The lowest BCUT2D eigenvalue weighted by Gasteiger charge is -2.32. The van der Waals surface area contributed by atoms with E-state index in [4.69, 9.17) is 0 Å². The van der Waals surface area contributed by atoms with E-state index in [9.17, 15) is 0 Å². The van der Waals surface area contributed by atoms with Gasteiger partial charge in [0, 0.05) is 6.04 Å². The monoisotopic (exact) mass is 216 g/mol. The van der Waals surface area contributed by atoms with Crippen LogP contribution in [0.5, 0.6) is 0 Å². The number of hydrogen-bond acceptors (Lipinski definition) is 1. The lowest BCUT2D eigenvalue weighted by Crippen LogP contribution is -2.29. The van der Waals surface area contributed by atoms with Crippen molar-refractivity contribution in [2.75, 3.05) is 13.6 Å². The molecule has 1 aromatic rings. The summed E-state index contributed by atoms with van der Waals surface area (Å²) in [6, 6.07) is 9.78. The standard InChI is InChI=1S/C15H22N/c1-3-6-13-8-10-14(11-9-13)15-7-4-5-12-16(15)2/h8-11,15H,1,3-7,12H2,2H3. The van der Waals surface area contributed by atoms with Gasteiger partial charge in [0.15, 0.2) is 0 Å². The van der Waals surface area contributed by atoms with Crippen LogP contribution in [-0.2, 0) is 6.42 Å². The van der Waals surface area contributed by atoms with E-state index < -0.39 is 0 Å². The molecule has 1 aliphatic rings. The van der Waals surface area contributed by atoms with Crippen LogP contribution < -0.4 is 0 Å². The number of piperidine rings is 1. The molecule has 0 aromatic heterocycles. The van der Waals surface area contributed by atoms with E-state index in [0.29, 0.717) is 6.04 Å². The maximum atomic E-state index is 3.90. The smallest absolute Gasteiger partial charge is 0.0345 e. The van der Waals surface area contributed by atoms with Crippen molar-refractivity contribution in [3.63, 3.8) is 0 Å². The van der Waals surface area contributed by atoms with Gasteiger partial charge < -0.3 is 0 Å². The number of benzene rings is 1. The highest BCUT2D eigenvalue weighted by molar-refractivity contribution is 5.25. The van der Waals surface area contributed by atoms with Crippen molar-refractivity contribution in [3.8, 4) is 0 Å². The molecule has 1 aliphatic heterocycles. The first kappa shape index (κ1) is 11.7. The molecule has 2 rings (SSSR count). The Morgan fingerprint density at radius 3 is 2.62 bits per heavy atom. The normalized spacial score (nSPS) is 22.2. The molecule has 0 amide bonds. The Hall–Kier alpha value is -0.820. The average molecular weight is 216 g/mol. The molecule has 1 atom stereocenters. The van der Waals surface area contributed by atoms with Crippen molar-refractivity contribution in [2.45, 2.75) is 38.1 Å². The van der Waals surface area contributed by atoms with Gasteiger partial charge >= 0.3 is 0 Å². The molecule has 1 nitrogen and oxygen atoms in total. The molecule has 1 saturated heterocycles. The lowest BCUT2D eigenvalue weighted by atomic mass is 9.95. The summed E-state index contributed by atoms with van der Waals surface area (Å²) in [4.78, 5) is 2.49. The minimum Gasteiger partial charge on any atom is -0.299 e. The van der Waals surface area contributed by atoms with E-state index in [2.05, 4.69) is 43.1 Å². The Bertz CT molecular complexity index is 315. The van der Waals surface area contributed by atoms with E-state index in [0.717, 1.165) is 12.8 Å². The summed E-state index contributed by atoms with van der Waals surface area (Å²) < 4.78 is 0. The summed E-state index contributed by atoms with van der Waals surface area (Å²) in [6.45, 7) is 5.14. The molecule has 1 aromatic carbocycles. The first-order chi connectivity index (χ1) is 7.81. The zero-order valence-electron chi connectivity index (χ0n) is 10.3. The summed E-state index contributed by atoms with van der Waals surface area (Å²) in [5.74, 6) is 0. The maximum Gasteiger partial charge on any atom is 0.0345 e.